The summed E-state index contributed by atoms with van der Waals surface area (Å²) in [7, 11) is 1.70. The number of carbonyl (C=O) groups is 1. The molecule has 0 N–H and O–H groups in total. The SMILES string of the molecule is CN1C(=O)C(C)(Sc2ccccc2)c2cc([N+](=O)[O-])ccc21. The molecule has 0 aliphatic carbocycles. The van der Waals surface area contributed by atoms with Gasteiger partial charge in [-0.25, -0.2) is 0 Å². The van der Waals surface area contributed by atoms with Crippen molar-refractivity contribution >= 4 is 29.0 Å². The minimum absolute atomic E-state index is 0.00161. The normalized spacial score (nSPS) is 20.1. The molecule has 0 fully saturated rings. The summed E-state index contributed by atoms with van der Waals surface area (Å²) >= 11 is 1.41. The summed E-state index contributed by atoms with van der Waals surface area (Å²) < 4.78 is -0.864. The number of nitrogens with zero attached hydrogens (tertiary/aromatic N) is 2. The van der Waals surface area contributed by atoms with Gasteiger partial charge in [-0.2, -0.15) is 0 Å². The van der Waals surface area contributed by atoms with Crippen LogP contribution in [0.15, 0.2) is 53.4 Å². The van der Waals surface area contributed by atoms with Crippen LogP contribution in [0.25, 0.3) is 0 Å². The number of hydrogen-bond donors (Lipinski definition) is 0. The van der Waals surface area contributed by atoms with E-state index >= 15 is 0 Å². The second kappa shape index (κ2) is 5.14. The van der Waals surface area contributed by atoms with Gasteiger partial charge in [0.15, 0.2) is 0 Å². The maximum atomic E-state index is 12.7. The lowest BCUT2D eigenvalue weighted by Crippen LogP contribution is -2.33. The highest BCUT2D eigenvalue weighted by molar-refractivity contribution is 8.01. The Balaban J connectivity index is 2.11. The van der Waals surface area contributed by atoms with Gasteiger partial charge in [0.2, 0.25) is 5.91 Å². The molecule has 1 heterocycles. The molecule has 1 aliphatic heterocycles. The summed E-state index contributed by atoms with van der Waals surface area (Å²) in [6, 6.07) is 14.2. The molecule has 0 aromatic heterocycles. The summed E-state index contributed by atoms with van der Waals surface area (Å²) in [6.07, 6.45) is 0. The van der Waals surface area contributed by atoms with Gasteiger partial charge in [-0.15, -0.1) is 11.8 Å². The highest BCUT2D eigenvalue weighted by Gasteiger charge is 2.47. The maximum Gasteiger partial charge on any atom is 0.269 e. The number of benzene rings is 2. The van der Waals surface area contributed by atoms with Crippen molar-refractivity contribution < 1.29 is 9.72 Å². The minimum atomic E-state index is -0.864. The molecule has 1 unspecified atom stereocenters. The Kier molecular flexibility index (Phi) is 3.41. The number of nitro groups is 1. The Bertz CT molecular complexity index is 763. The molecule has 22 heavy (non-hydrogen) atoms. The summed E-state index contributed by atoms with van der Waals surface area (Å²) in [4.78, 5) is 25.8. The van der Waals surface area contributed by atoms with Gasteiger partial charge in [0.05, 0.1) is 4.92 Å². The largest absolute Gasteiger partial charge is 0.314 e. The second-order valence-corrected chi connectivity index (χ2v) is 6.76. The lowest BCUT2D eigenvalue weighted by atomic mass is 10.0. The van der Waals surface area contributed by atoms with Crippen molar-refractivity contribution in [3.8, 4) is 0 Å². The number of carbonyl (C=O) groups excluding carboxylic acids is 1. The Morgan fingerprint density at radius 1 is 1.18 bits per heavy atom. The van der Waals surface area contributed by atoms with E-state index in [2.05, 4.69) is 0 Å². The molecule has 0 radical (unpaired) electrons. The highest BCUT2D eigenvalue weighted by Crippen LogP contribution is 2.51. The van der Waals surface area contributed by atoms with Gasteiger partial charge < -0.3 is 4.90 Å². The molecule has 5 nitrogen and oxygen atoms in total. The second-order valence-electron chi connectivity index (χ2n) is 5.27. The van der Waals surface area contributed by atoms with Gasteiger partial charge >= 0.3 is 0 Å². The van der Waals surface area contributed by atoms with E-state index in [0.29, 0.717) is 5.56 Å². The van der Waals surface area contributed by atoms with E-state index in [4.69, 9.17) is 0 Å². The molecule has 3 rings (SSSR count). The van der Waals surface area contributed by atoms with E-state index in [1.165, 1.54) is 23.9 Å². The first kappa shape index (κ1) is 14.6. The number of thioether (sulfide) groups is 1. The molecule has 2 aromatic carbocycles. The zero-order chi connectivity index (χ0) is 15.9. The number of likely N-dealkylation sites (N-methyl/N-ethyl adjacent to an activating group) is 1. The Labute approximate surface area is 132 Å². The van der Waals surface area contributed by atoms with Gasteiger partial charge in [0, 0.05) is 35.3 Å². The van der Waals surface area contributed by atoms with Crippen LogP contribution in [0, 0.1) is 10.1 Å². The van der Waals surface area contributed by atoms with Crippen LogP contribution in [0.4, 0.5) is 11.4 Å². The van der Waals surface area contributed by atoms with Crippen molar-refractivity contribution in [3.63, 3.8) is 0 Å². The van der Waals surface area contributed by atoms with E-state index < -0.39 is 9.67 Å². The summed E-state index contributed by atoms with van der Waals surface area (Å²) in [5.74, 6) is -0.0724. The van der Waals surface area contributed by atoms with Crippen molar-refractivity contribution in [1.29, 1.82) is 0 Å². The van der Waals surface area contributed by atoms with Gasteiger partial charge in [0.25, 0.3) is 5.69 Å². The van der Waals surface area contributed by atoms with Gasteiger partial charge in [0.1, 0.15) is 4.75 Å². The molecule has 0 saturated carbocycles. The minimum Gasteiger partial charge on any atom is -0.314 e. The van der Waals surface area contributed by atoms with Crippen LogP contribution in [0.2, 0.25) is 0 Å². The first-order valence-electron chi connectivity index (χ1n) is 6.74. The maximum absolute atomic E-state index is 12.7. The smallest absolute Gasteiger partial charge is 0.269 e. The van der Waals surface area contributed by atoms with Crippen LogP contribution in [0.5, 0.6) is 0 Å². The third-order valence-corrected chi connectivity index (χ3v) is 5.15. The number of non-ortho nitro benzene ring substituents is 1. The molecule has 1 atom stereocenters. The summed E-state index contributed by atoms with van der Waals surface area (Å²) in [6.45, 7) is 1.82. The summed E-state index contributed by atoms with van der Waals surface area (Å²) in [5, 5.41) is 11.0. The van der Waals surface area contributed by atoms with E-state index in [1.807, 2.05) is 37.3 Å². The van der Waals surface area contributed by atoms with Crippen molar-refractivity contribution in [2.24, 2.45) is 0 Å². The molecule has 2 aromatic rings. The first-order valence-corrected chi connectivity index (χ1v) is 7.56. The molecule has 0 spiro atoms. The van der Waals surface area contributed by atoms with E-state index in [-0.39, 0.29) is 11.6 Å². The van der Waals surface area contributed by atoms with E-state index in [1.54, 1.807) is 18.0 Å². The lowest BCUT2D eigenvalue weighted by molar-refractivity contribution is -0.384. The third kappa shape index (κ3) is 2.16. The zero-order valence-corrected chi connectivity index (χ0v) is 13.0. The standard InChI is InChI=1S/C16H14N2O3S/c1-16(22-12-6-4-3-5-7-12)13-10-11(18(20)21)8-9-14(13)17(2)15(16)19/h3-10H,1-2H3. The Morgan fingerprint density at radius 2 is 1.86 bits per heavy atom. The van der Waals surface area contributed by atoms with Crippen molar-refractivity contribution in [2.75, 3.05) is 11.9 Å². The fourth-order valence-electron chi connectivity index (χ4n) is 2.68. The molecule has 112 valence electrons. The number of rotatable bonds is 3. The molecule has 1 aliphatic rings. The average molecular weight is 314 g/mol. The van der Waals surface area contributed by atoms with Crippen molar-refractivity contribution in [2.45, 2.75) is 16.6 Å². The fraction of sp³-hybridized carbons (Fsp3) is 0.188. The van der Waals surface area contributed by atoms with E-state index in [9.17, 15) is 14.9 Å². The average Bonchev–Trinajstić information content (AvgIpc) is 2.70. The van der Waals surface area contributed by atoms with Crippen LogP contribution in [-0.2, 0) is 9.54 Å². The quantitative estimate of drug-likeness (QED) is 0.641. The number of fused-ring (bicyclic) bond motifs is 1. The monoisotopic (exact) mass is 314 g/mol. The zero-order valence-electron chi connectivity index (χ0n) is 12.1. The number of anilines is 1. The van der Waals surface area contributed by atoms with Crippen LogP contribution in [-0.4, -0.2) is 17.9 Å². The Hall–Kier alpha value is -2.34. The van der Waals surface area contributed by atoms with Crippen LogP contribution in [0.3, 0.4) is 0 Å². The molecule has 0 saturated heterocycles. The number of nitro benzene ring substituents is 1. The first-order chi connectivity index (χ1) is 10.4. The van der Waals surface area contributed by atoms with Crippen molar-refractivity contribution in [3.05, 3.63) is 64.2 Å². The van der Waals surface area contributed by atoms with Gasteiger partial charge in [-0.3, -0.25) is 14.9 Å². The molecule has 0 bridgehead atoms. The lowest BCUT2D eigenvalue weighted by Gasteiger charge is -2.22. The van der Waals surface area contributed by atoms with Gasteiger partial charge in [-0.1, -0.05) is 18.2 Å². The third-order valence-electron chi connectivity index (χ3n) is 3.84. The Morgan fingerprint density at radius 3 is 2.50 bits per heavy atom. The molecular weight excluding hydrogens is 300 g/mol. The topological polar surface area (TPSA) is 63.5 Å². The molecule has 1 amide bonds. The summed E-state index contributed by atoms with van der Waals surface area (Å²) in [5.41, 5.74) is 1.41. The van der Waals surface area contributed by atoms with Crippen LogP contribution < -0.4 is 4.90 Å². The van der Waals surface area contributed by atoms with Crippen LogP contribution >= 0.6 is 11.8 Å². The molecule has 6 heteroatoms. The van der Waals surface area contributed by atoms with Gasteiger partial charge in [-0.05, 0) is 25.1 Å². The highest BCUT2D eigenvalue weighted by atomic mass is 32.2. The predicted octanol–water partition coefficient (Wildman–Crippen LogP) is 3.58. The number of hydrogen-bond acceptors (Lipinski definition) is 4. The fourth-order valence-corrected chi connectivity index (χ4v) is 3.94. The van der Waals surface area contributed by atoms with Crippen molar-refractivity contribution in [1.82, 2.24) is 0 Å². The van der Waals surface area contributed by atoms with Crippen LogP contribution in [0.1, 0.15) is 12.5 Å². The number of amides is 1. The molecular formula is C16H14N2O3S. The van der Waals surface area contributed by atoms with E-state index in [0.717, 1.165) is 10.6 Å². The predicted molar refractivity (Wildman–Crippen MR) is 86.2 cm³/mol.